The number of hydrogen-bond donors (Lipinski definition) is 0. The molecule has 0 bridgehead atoms. The van der Waals surface area contributed by atoms with Crippen LogP contribution < -0.4 is 0 Å². The summed E-state index contributed by atoms with van der Waals surface area (Å²) in [5.74, 6) is -3.53. The molecule has 1 saturated carbocycles. The van der Waals surface area contributed by atoms with Crippen molar-refractivity contribution in [2.45, 2.75) is 36.6 Å². The summed E-state index contributed by atoms with van der Waals surface area (Å²) in [5.41, 5.74) is -0.622. The zero-order chi connectivity index (χ0) is 15.8. The van der Waals surface area contributed by atoms with Crippen LogP contribution in [0.15, 0.2) is 17.0 Å². The maximum absolute atomic E-state index is 13.8. The van der Waals surface area contributed by atoms with Crippen LogP contribution in [0.2, 0.25) is 0 Å². The summed E-state index contributed by atoms with van der Waals surface area (Å²) in [6, 6.07) is 1.19. The third-order valence-corrected chi connectivity index (χ3v) is 5.04. The van der Waals surface area contributed by atoms with Crippen LogP contribution in [0.4, 0.5) is 8.78 Å². The van der Waals surface area contributed by atoms with Gasteiger partial charge in [-0.1, -0.05) is 12.8 Å². The van der Waals surface area contributed by atoms with Gasteiger partial charge in [0.15, 0.2) is 11.6 Å². The molecule has 0 aliphatic heterocycles. The molecule has 4 nitrogen and oxygen atoms in total. The maximum Gasteiger partial charge on any atom is 0.261 e. The third kappa shape index (κ3) is 3.35. The van der Waals surface area contributed by atoms with Gasteiger partial charge in [-0.15, -0.1) is 0 Å². The SMILES string of the molecule is CN(C(=O)c1cc(S(=O)(=O)Cl)cc(F)c1F)C1CCCC1. The summed E-state index contributed by atoms with van der Waals surface area (Å²) in [7, 11) is 2.37. The van der Waals surface area contributed by atoms with Crippen molar-refractivity contribution < 1.29 is 22.0 Å². The Kier molecular flexibility index (Phi) is 4.53. The molecule has 1 aliphatic rings. The molecule has 116 valence electrons. The molecule has 21 heavy (non-hydrogen) atoms. The Bertz CT molecular complexity index is 672. The highest BCUT2D eigenvalue weighted by molar-refractivity contribution is 8.13. The zero-order valence-electron chi connectivity index (χ0n) is 11.3. The topological polar surface area (TPSA) is 54.5 Å². The Labute approximate surface area is 126 Å². The molecule has 1 fully saturated rings. The monoisotopic (exact) mass is 337 g/mol. The van der Waals surface area contributed by atoms with Gasteiger partial charge in [0.1, 0.15) is 0 Å². The number of benzene rings is 1. The van der Waals surface area contributed by atoms with Gasteiger partial charge in [-0.2, -0.15) is 0 Å². The van der Waals surface area contributed by atoms with Gasteiger partial charge in [-0.25, -0.2) is 17.2 Å². The predicted octanol–water partition coefficient (Wildman–Crippen LogP) is 2.91. The maximum atomic E-state index is 13.8. The molecular formula is C13H14ClF2NO3S. The highest BCUT2D eigenvalue weighted by atomic mass is 35.7. The molecule has 8 heteroatoms. The molecule has 2 rings (SSSR count). The van der Waals surface area contributed by atoms with E-state index in [0.717, 1.165) is 31.7 Å². The van der Waals surface area contributed by atoms with Crippen LogP contribution in [-0.2, 0) is 9.05 Å². The van der Waals surface area contributed by atoms with Gasteiger partial charge in [0.25, 0.3) is 15.0 Å². The van der Waals surface area contributed by atoms with E-state index in [-0.39, 0.29) is 6.04 Å². The molecule has 0 heterocycles. The van der Waals surface area contributed by atoms with E-state index in [2.05, 4.69) is 0 Å². The fraction of sp³-hybridized carbons (Fsp3) is 0.462. The smallest absolute Gasteiger partial charge is 0.261 e. The third-order valence-electron chi connectivity index (χ3n) is 3.71. The highest BCUT2D eigenvalue weighted by Crippen LogP contribution is 2.26. The van der Waals surface area contributed by atoms with Gasteiger partial charge in [0, 0.05) is 23.8 Å². The van der Waals surface area contributed by atoms with Crippen LogP contribution >= 0.6 is 10.7 Å². The van der Waals surface area contributed by atoms with E-state index in [0.29, 0.717) is 6.07 Å². The average Bonchev–Trinajstić information content (AvgIpc) is 2.92. The van der Waals surface area contributed by atoms with Crippen LogP contribution in [0.3, 0.4) is 0 Å². The fourth-order valence-electron chi connectivity index (χ4n) is 2.51. The molecule has 0 radical (unpaired) electrons. The first kappa shape index (κ1) is 16.2. The number of amides is 1. The Hall–Kier alpha value is -1.21. The first-order chi connectivity index (χ1) is 9.71. The van der Waals surface area contributed by atoms with E-state index in [9.17, 15) is 22.0 Å². The average molecular weight is 338 g/mol. The quantitative estimate of drug-likeness (QED) is 0.797. The minimum absolute atomic E-state index is 0.0452. The minimum Gasteiger partial charge on any atom is -0.339 e. The number of halogens is 3. The van der Waals surface area contributed by atoms with Gasteiger partial charge >= 0.3 is 0 Å². The second-order valence-corrected chi connectivity index (χ2v) is 7.62. The summed E-state index contributed by atoms with van der Waals surface area (Å²) in [5, 5.41) is 0. The number of hydrogen-bond acceptors (Lipinski definition) is 3. The van der Waals surface area contributed by atoms with Crippen molar-refractivity contribution in [2.75, 3.05) is 7.05 Å². The highest BCUT2D eigenvalue weighted by Gasteiger charge is 2.28. The van der Waals surface area contributed by atoms with E-state index in [1.165, 1.54) is 11.9 Å². The van der Waals surface area contributed by atoms with Crippen molar-refractivity contribution in [1.82, 2.24) is 4.90 Å². The van der Waals surface area contributed by atoms with Crippen LogP contribution in [-0.4, -0.2) is 32.3 Å². The van der Waals surface area contributed by atoms with E-state index in [4.69, 9.17) is 10.7 Å². The Morgan fingerprint density at radius 3 is 2.38 bits per heavy atom. The fourth-order valence-corrected chi connectivity index (χ4v) is 3.28. The zero-order valence-corrected chi connectivity index (χ0v) is 12.8. The van der Waals surface area contributed by atoms with Crippen LogP contribution in [0.5, 0.6) is 0 Å². The van der Waals surface area contributed by atoms with Crippen molar-refractivity contribution in [3.63, 3.8) is 0 Å². The number of rotatable bonds is 3. The van der Waals surface area contributed by atoms with Gasteiger partial charge in [-0.05, 0) is 25.0 Å². The molecule has 1 aromatic carbocycles. The second kappa shape index (κ2) is 5.88. The largest absolute Gasteiger partial charge is 0.339 e. The van der Waals surface area contributed by atoms with Crippen molar-refractivity contribution in [3.05, 3.63) is 29.3 Å². The van der Waals surface area contributed by atoms with Crippen molar-refractivity contribution in [1.29, 1.82) is 0 Å². The Morgan fingerprint density at radius 2 is 1.86 bits per heavy atom. The predicted molar refractivity (Wildman–Crippen MR) is 73.7 cm³/mol. The standard InChI is InChI=1S/C13H14ClF2NO3S/c1-17(8-4-2-3-5-8)13(18)10-6-9(21(14,19)20)7-11(15)12(10)16/h6-8H,2-5H2,1H3. The normalized spacial score (nSPS) is 16.2. The van der Waals surface area contributed by atoms with Gasteiger partial charge < -0.3 is 4.90 Å². The molecule has 0 saturated heterocycles. The van der Waals surface area contributed by atoms with Crippen molar-refractivity contribution >= 4 is 25.6 Å². The van der Waals surface area contributed by atoms with E-state index in [1.807, 2.05) is 0 Å². The molecule has 0 spiro atoms. The summed E-state index contributed by atoms with van der Waals surface area (Å²) in [6.45, 7) is 0. The number of carbonyl (C=O) groups excluding carboxylic acids is 1. The van der Waals surface area contributed by atoms with Gasteiger partial charge in [0.05, 0.1) is 10.5 Å². The summed E-state index contributed by atoms with van der Waals surface area (Å²) < 4.78 is 49.8. The van der Waals surface area contributed by atoms with Crippen LogP contribution in [0, 0.1) is 11.6 Å². The Morgan fingerprint density at radius 1 is 1.29 bits per heavy atom. The first-order valence-electron chi connectivity index (χ1n) is 6.42. The molecule has 0 N–H and O–H groups in total. The number of nitrogens with zero attached hydrogens (tertiary/aromatic N) is 1. The van der Waals surface area contributed by atoms with Crippen LogP contribution in [0.25, 0.3) is 0 Å². The first-order valence-corrected chi connectivity index (χ1v) is 8.73. The molecule has 0 atom stereocenters. The molecule has 0 aromatic heterocycles. The minimum atomic E-state index is -4.25. The van der Waals surface area contributed by atoms with Crippen molar-refractivity contribution in [3.8, 4) is 0 Å². The van der Waals surface area contributed by atoms with E-state index >= 15 is 0 Å². The van der Waals surface area contributed by atoms with Crippen LogP contribution in [0.1, 0.15) is 36.0 Å². The second-order valence-electron chi connectivity index (χ2n) is 5.06. The summed E-state index contributed by atoms with van der Waals surface area (Å²) in [4.78, 5) is 13.0. The molecular weight excluding hydrogens is 324 g/mol. The van der Waals surface area contributed by atoms with Gasteiger partial charge in [0.2, 0.25) is 0 Å². The van der Waals surface area contributed by atoms with Crippen molar-refractivity contribution in [2.24, 2.45) is 0 Å². The lowest BCUT2D eigenvalue weighted by molar-refractivity contribution is 0.0729. The van der Waals surface area contributed by atoms with Gasteiger partial charge in [-0.3, -0.25) is 4.79 Å². The molecule has 1 amide bonds. The lowest BCUT2D eigenvalue weighted by Gasteiger charge is -2.24. The molecule has 1 aliphatic carbocycles. The van der Waals surface area contributed by atoms with E-state index in [1.54, 1.807) is 0 Å². The lowest BCUT2D eigenvalue weighted by Crippen LogP contribution is -2.35. The Balaban J connectivity index is 2.42. The molecule has 1 aromatic rings. The van der Waals surface area contributed by atoms with E-state index < -0.39 is 37.1 Å². The number of carbonyl (C=O) groups is 1. The summed E-state index contributed by atoms with van der Waals surface area (Å²) >= 11 is 0. The molecule has 0 unspecified atom stereocenters. The lowest BCUT2D eigenvalue weighted by atomic mass is 10.1. The summed E-state index contributed by atoms with van der Waals surface area (Å²) in [6.07, 6.45) is 3.52.